The minimum absolute atomic E-state index is 0.0462. The molecule has 0 aliphatic carbocycles. The van der Waals surface area contributed by atoms with Crippen LogP contribution in [0.15, 0.2) is 73.8 Å². The van der Waals surface area contributed by atoms with Gasteiger partial charge in [-0.1, -0.05) is 73.1 Å². The van der Waals surface area contributed by atoms with E-state index in [-0.39, 0.29) is 48.7 Å². The number of aliphatic hydroxyl groups is 1. The van der Waals surface area contributed by atoms with Crippen molar-refractivity contribution in [2.75, 3.05) is 24.7 Å². The zero-order chi connectivity index (χ0) is 31.6. The van der Waals surface area contributed by atoms with E-state index in [9.17, 15) is 14.7 Å². The molecule has 234 valence electrons. The lowest BCUT2D eigenvalue weighted by molar-refractivity contribution is -0.155. The van der Waals surface area contributed by atoms with Crippen LogP contribution in [-0.4, -0.2) is 63.6 Å². The molecule has 7 atom stereocenters. The van der Waals surface area contributed by atoms with Gasteiger partial charge in [0.15, 0.2) is 0 Å². The Hall–Kier alpha value is -3.07. The average molecular weight is 637 g/mol. The Kier molecular flexibility index (Phi) is 9.93. The van der Waals surface area contributed by atoms with E-state index < -0.39 is 28.7 Å². The average Bonchev–Trinajstić information content (AvgIpc) is 3.61. The molecule has 3 fully saturated rings. The van der Waals surface area contributed by atoms with Crippen molar-refractivity contribution in [3.8, 4) is 0 Å². The van der Waals surface area contributed by atoms with E-state index in [2.05, 4.69) is 20.1 Å². The maximum Gasteiger partial charge on any atom is 0.310 e. The number of hydrogen-bond acceptors (Lipinski definition) is 6. The molecule has 0 aromatic heterocycles. The van der Waals surface area contributed by atoms with E-state index in [0.717, 1.165) is 24.0 Å². The zero-order valence-electron chi connectivity index (χ0n) is 25.4. The van der Waals surface area contributed by atoms with Crippen LogP contribution in [0.1, 0.15) is 49.8 Å². The molecule has 7 nitrogen and oxygen atoms in total. The number of nitrogens with zero attached hydrogens (tertiary/aromatic N) is 2. The van der Waals surface area contributed by atoms with Gasteiger partial charge in [-0.3, -0.25) is 14.4 Å². The summed E-state index contributed by atoms with van der Waals surface area (Å²) in [4.78, 5) is 46.7. The Balaban J connectivity index is 1.61. The number of ether oxygens (including phenoxy) is 1. The molecule has 2 amide bonds. The molecule has 2 aromatic rings. The summed E-state index contributed by atoms with van der Waals surface area (Å²) in [6.45, 7) is 11.7. The fraction of sp³-hybridized carbons (Fsp3) is 0.457. The van der Waals surface area contributed by atoms with Gasteiger partial charge in [0.1, 0.15) is 6.04 Å². The van der Waals surface area contributed by atoms with E-state index in [1.807, 2.05) is 55.5 Å². The van der Waals surface area contributed by atoms with Crippen LogP contribution >= 0.6 is 23.4 Å². The molecule has 3 saturated heterocycles. The van der Waals surface area contributed by atoms with Crippen LogP contribution in [0.2, 0.25) is 5.02 Å². The van der Waals surface area contributed by atoms with Crippen molar-refractivity contribution in [1.29, 1.82) is 0 Å². The van der Waals surface area contributed by atoms with Gasteiger partial charge in [-0.05, 0) is 55.7 Å². The van der Waals surface area contributed by atoms with E-state index in [1.54, 1.807) is 33.7 Å². The maximum absolute atomic E-state index is 15.1. The van der Waals surface area contributed by atoms with Crippen molar-refractivity contribution >= 4 is 46.8 Å². The van der Waals surface area contributed by atoms with Crippen LogP contribution in [0.5, 0.6) is 0 Å². The Morgan fingerprint density at radius 3 is 2.59 bits per heavy atom. The minimum Gasteiger partial charge on any atom is -0.465 e. The fourth-order valence-electron chi connectivity index (χ4n) is 7.57. The second kappa shape index (κ2) is 13.5. The van der Waals surface area contributed by atoms with Crippen LogP contribution in [0.4, 0.5) is 5.69 Å². The number of hydrogen-bond donors (Lipinski definition) is 1. The number of thioether (sulfide) groups is 1. The van der Waals surface area contributed by atoms with Crippen LogP contribution in [0, 0.1) is 24.7 Å². The van der Waals surface area contributed by atoms with E-state index in [4.69, 9.17) is 16.3 Å². The monoisotopic (exact) mass is 636 g/mol. The van der Waals surface area contributed by atoms with Gasteiger partial charge in [0.25, 0.3) is 5.91 Å². The summed E-state index contributed by atoms with van der Waals surface area (Å²) < 4.78 is 4.88. The first-order valence-corrected chi connectivity index (χ1v) is 16.6. The Morgan fingerprint density at radius 1 is 1.18 bits per heavy atom. The zero-order valence-corrected chi connectivity index (χ0v) is 26.9. The maximum atomic E-state index is 15.1. The molecule has 1 spiro atoms. The van der Waals surface area contributed by atoms with E-state index >= 15 is 4.79 Å². The summed E-state index contributed by atoms with van der Waals surface area (Å²) in [5, 5.41) is 11.1. The molecule has 0 saturated carbocycles. The Labute approximate surface area is 269 Å². The van der Waals surface area contributed by atoms with Crippen LogP contribution < -0.4 is 4.90 Å². The number of benzene rings is 2. The first kappa shape index (κ1) is 32.3. The number of carbonyl (C=O) groups is 3. The molecular weight excluding hydrogens is 596 g/mol. The molecular formula is C35H41ClN2O5S. The van der Waals surface area contributed by atoms with Crippen molar-refractivity contribution in [1.82, 2.24) is 4.90 Å². The van der Waals surface area contributed by atoms with Gasteiger partial charge in [0, 0.05) is 11.8 Å². The smallest absolute Gasteiger partial charge is 0.310 e. The number of likely N-dealkylation sites (tertiary alicyclic amines) is 1. The summed E-state index contributed by atoms with van der Waals surface area (Å²) >= 11 is 8.29. The van der Waals surface area contributed by atoms with E-state index in [1.165, 1.54) is 0 Å². The molecule has 2 aromatic carbocycles. The number of aliphatic hydroxyl groups excluding tert-OH is 1. The highest BCUT2D eigenvalue weighted by Crippen LogP contribution is 2.69. The van der Waals surface area contributed by atoms with Gasteiger partial charge < -0.3 is 19.6 Å². The Bertz CT molecular complexity index is 1400. The number of halogens is 1. The normalized spacial score (nSPS) is 27.6. The largest absolute Gasteiger partial charge is 0.465 e. The standard InChI is InChI=1S/C35H41ClN2O5S/c1-5-7-8-12-19-43-34(42)28-27-20-23(4)35(44-27)29(28)32(40)38(26(21-39)24-15-10-9-11-16-24)31(35)33(41)37(18-6-2)30-22(3)14-13-17-25(30)36/h5-6,9-11,13-17,23,26-29,31,39H,1-2,7-8,12,18-21H2,3-4H3/t23?,26-,27+,28-,29+,31?,35?/m1/s1. The van der Waals surface area contributed by atoms with Crippen molar-refractivity contribution in [2.45, 2.75) is 61.6 Å². The van der Waals surface area contributed by atoms with Gasteiger partial charge in [-0.25, -0.2) is 0 Å². The molecule has 3 heterocycles. The third-order valence-electron chi connectivity index (χ3n) is 9.47. The summed E-state index contributed by atoms with van der Waals surface area (Å²) in [5.41, 5.74) is 2.09. The van der Waals surface area contributed by atoms with Crippen molar-refractivity contribution in [2.24, 2.45) is 17.8 Å². The molecule has 3 aliphatic rings. The highest BCUT2D eigenvalue weighted by Gasteiger charge is 2.77. The minimum atomic E-state index is -0.955. The van der Waals surface area contributed by atoms with Crippen molar-refractivity contribution in [3.05, 3.63) is 90.0 Å². The number of fused-ring (bicyclic) bond motifs is 1. The van der Waals surface area contributed by atoms with Crippen molar-refractivity contribution < 1.29 is 24.2 Å². The molecule has 1 N–H and O–H groups in total. The van der Waals surface area contributed by atoms with Gasteiger partial charge in [0.05, 0.1) is 46.5 Å². The summed E-state index contributed by atoms with van der Waals surface area (Å²) in [6, 6.07) is 13.0. The molecule has 9 heteroatoms. The van der Waals surface area contributed by atoms with Crippen LogP contribution in [0.3, 0.4) is 0 Å². The second-order valence-corrected chi connectivity index (χ2v) is 14.0. The van der Waals surface area contributed by atoms with Gasteiger partial charge >= 0.3 is 5.97 Å². The van der Waals surface area contributed by atoms with E-state index in [0.29, 0.717) is 23.6 Å². The predicted molar refractivity (Wildman–Crippen MR) is 176 cm³/mol. The topological polar surface area (TPSA) is 87.2 Å². The van der Waals surface area contributed by atoms with Gasteiger partial charge in [-0.2, -0.15) is 0 Å². The summed E-state index contributed by atoms with van der Waals surface area (Å²) in [7, 11) is 0. The molecule has 2 bridgehead atoms. The second-order valence-electron chi connectivity index (χ2n) is 12.0. The number of rotatable bonds is 13. The third-order valence-corrected chi connectivity index (χ3v) is 11.8. The number of para-hydroxylation sites is 1. The predicted octanol–water partition coefficient (Wildman–Crippen LogP) is 6.14. The molecule has 5 rings (SSSR count). The molecule has 3 aliphatic heterocycles. The van der Waals surface area contributed by atoms with Crippen LogP contribution in [0.25, 0.3) is 0 Å². The molecule has 0 radical (unpaired) electrons. The number of aryl methyl sites for hydroxylation is 1. The molecule has 44 heavy (non-hydrogen) atoms. The summed E-state index contributed by atoms with van der Waals surface area (Å²) in [6.07, 6.45) is 6.59. The van der Waals surface area contributed by atoms with Gasteiger partial charge in [-0.15, -0.1) is 24.9 Å². The number of esters is 1. The lowest BCUT2D eigenvalue weighted by Crippen LogP contribution is -2.58. The number of anilines is 1. The first-order valence-electron chi connectivity index (χ1n) is 15.3. The lowest BCUT2D eigenvalue weighted by Gasteiger charge is -2.42. The number of allylic oxidation sites excluding steroid dienone is 1. The highest BCUT2D eigenvalue weighted by molar-refractivity contribution is 8.02. The fourth-order valence-corrected chi connectivity index (χ4v) is 10.3. The third kappa shape index (κ3) is 5.39. The number of unbranched alkanes of at least 4 members (excludes halogenated alkanes) is 2. The number of amides is 2. The van der Waals surface area contributed by atoms with Crippen LogP contribution in [-0.2, 0) is 19.1 Å². The first-order chi connectivity index (χ1) is 21.2. The number of carbonyl (C=O) groups excluding carboxylic acids is 3. The highest BCUT2D eigenvalue weighted by atomic mass is 35.5. The van der Waals surface area contributed by atoms with Crippen molar-refractivity contribution in [3.63, 3.8) is 0 Å². The van der Waals surface area contributed by atoms with Gasteiger partial charge in [0.2, 0.25) is 5.91 Å². The molecule has 3 unspecified atom stereocenters. The summed E-state index contributed by atoms with van der Waals surface area (Å²) in [5.74, 6) is -2.46. The quantitative estimate of drug-likeness (QED) is 0.162. The Morgan fingerprint density at radius 2 is 1.93 bits per heavy atom. The SMILES string of the molecule is C=CCCCCOC(=O)[C@@H]1[C@@H]2CC(C)C3(S2)C(C(=O)N(CC=C)c2c(C)cccc2Cl)N([C@H](CO)c2ccccc2)C(=O)[C@H]13. The lowest BCUT2D eigenvalue weighted by atomic mass is 9.66.